The Morgan fingerprint density at radius 3 is 0.652 bits per heavy atom. The van der Waals surface area contributed by atoms with Crippen molar-refractivity contribution in [1.29, 1.82) is 0 Å². The fraction of sp³-hybridized carbons (Fsp3) is 0.556. The third-order valence-electron chi connectivity index (χ3n) is 6.49. The summed E-state index contributed by atoms with van der Waals surface area (Å²) >= 11 is 0. The second kappa shape index (κ2) is 28.9. The van der Waals surface area contributed by atoms with E-state index in [0.29, 0.717) is 0 Å². The molecular formula is C27H27MoN3O15-6. The van der Waals surface area contributed by atoms with Crippen LogP contribution in [0.4, 0.5) is 0 Å². The van der Waals surface area contributed by atoms with Gasteiger partial charge in [0.05, 0.1) is 35.7 Å². The Hall–Kier alpha value is -4.80. The second-order valence-corrected chi connectivity index (χ2v) is 8.15. The Kier molecular flexibility index (Phi) is 35.8. The van der Waals surface area contributed by atoms with Crippen LogP contribution in [0.15, 0.2) is 0 Å². The van der Waals surface area contributed by atoms with Crippen molar-refractivity contribution in [3.05, 3.63) is 54.2 Å². The maximum atomic E-state index is 10.6. The van der Waals surface area contributed by atoms with Crippen molar-refractivity contribution >= 4 is 35.8 Å². The standard InChI is InChI=1S/3C8H11NO4.3CO.Mo/c3*1-4-8(9-3,7(12)13)5(2)6(10)11;3*1-2;/h3*5H,4H2,1-2H3,(H,10,11)(H,12,13);;;;/p-6. The van der Waals surface area contributed by atoms with Gasteiger partial charge in [-0.3, -0.25) is 0 Å². The summed E-state index contributed by atoms with van der Waals surface area (Å²) in [6, 6.07) is 0. The Morgan fingerprint density at radius 1 is 0.500 bits per heavy atom. The van der Waals surface area contributed by atoms with Crippen molar-refractivity contribution in [3.63, 3.8) is 0 Å². The summed E-state index contributed by atoms with van der Waals surface area (Å²) < 4.78 is 22.5. The maximum Gasteiger partial charge on any atom is 0 e. The van der Waals surface area contributed by atoms with Crippen LogP contribution in [0.5, 0.6) is 0 Å². The quantitative estimate of drug-likeness (QED) is 0.103. The summed E-state index contributed by atoms with van der Waals surface area (Å²) in [7, 11) is 0. The number of carbonyl (C=O) groups is 6. The SMILES string of the molecule is [C-]#[N+]C(CC)(C(=O)[O-])C(C)C(=O)[O-].[C-]#[N+]C(CC)(C(=O)[O-])C(C)C(=O)[O-].[C-]#[N+]C(CC)(C(=O)[O-])C(C)C(=O)[O-].[C-]#[O+].[C-]#[O+].[C-]#[O+].[Mo]. The molecule has 0 saturated carbocycles. The van der Waals surface area contributed by atoms with Gasteiger partial charge >= 0.3 is 33.9 Å². The van der Waals surface area contributed by atoms with Gasteiger partial charge in [0.15, 0.2) is 0 Å². The van der Waals surface area contributed by atoms with E-state index in [-0.39, 0.29) is 40.3 Å². The smallest absolute Gasteiger partial charge is 0 e. The number of rotatable bonds is 12. The zero-order chi connectivity index (χ0) is 37.9. The molecule has 0 saturated heterocycles. The summed E-state index contributed by atoms with van der Waals surface area (Å²) in [5.74, 6) is -13.8. The third kappa shape index (κ3) is 15.3. The van der Waals surface area contributed by atoms with Crippen LogP contribution in [-0.4, -0.2) is 52.4 Å². The Balaban J connectivity index is -0.0000000904. The molecule has 0 bridgehead atoms. The number of aliphatic carboxylic acids is 6. The van der Waals surface area contributed by atoms with Gasteiger partial charge in [0.25, 0.3) is 16.6 Å². The van der Waals surface area contributed by atoms with Crippen LogP contribution in [0.3, 0.4) is 0 Å². The van der Waals surface area contributed by atoms with Crippen molar-refractivity contribution in [2.24, 2.45) is 17.8 Å². The zero-order valence-corrected chi connectivity index (χ0v) is 27.2. The number of carbonyl (C=O) groups excluding carboxylic acids is 6. The van der Waals surface area contributed by atoms with E-state index in [9.17, 15) is 59.4 Å². The molecule has 0 aliphatic heterocycles. The first-order chi connectivity index (χ1) is 20.8. The van der Waals surface area contributed by atoms with Gasteiger partial charge in [-0.1, -0.05) is 20.8 Å². The molecule has 0 aromatic heterocycles. The maximum absolute atomic E-state index is 10.6. The summed E-state index contributed by atoms with van der Waals surface area (Å²) in [5.41, 5.74) is -6.00. The van der Waals surface area contributed by atoms with Crippen LogP contribution < -0.4 is 30.6 Å². The molecule has 0 fully saturated rings. The van der Waals surface area contributed by atoms with Crippen molar-refractivity contribution in [1.82, 2.24) is 0 Å². The number of hydrogen-bond donors (Lipinski definition) is 0. The van der Waals surface area contributed by atoms with Crippen LogP contribution in [0.1, 0.15) is 60.8 Å². The summed E-state index contributed by atoms with van der Waals surface area (Å²) in [5, 5.41) is 63.1. The predicted octanol–water partition coefficient (Wildman–Crippen LogP) is -5.54. The molecule has 0 aromatic carbocycles. The van der Waals surface area contributed by atoms with E-state index in [4.69, 9.17) is 33.7 Å². The average molecular weight is 729 g/mol. The molecule has 18 nitrogen and oxygen atoms in total. The van der Waals surface area contributed by atoms with Crippen LogP contribution in [0, 0.1) is 57.4 Å². The number of hydrogen-bond acceptors (Lipinski definition) is 12. The molecule has 46 heavy (non-hydrogen) atoms. The van der Waals surface area contributed by atoms with Crippen LogP contribution >= 0.6 is 0 Å². The third-order valence-corrected chi connectivity index (χ3v) is 6.49. The van der Waals surface area contributed by atoms with Crippen LogP contribution in [0.2, 0.25) is 0 Å². The summed E-state index contributed by atoms with van der Waals surface area (Å²) in [6.07, 6.45) is -0.351. The normalized spacial score (nSPS) is 14.3. The molecule has 0 amide bonds. The Labute approximate surface area is 279 Å². The van der Waals surface area contributed by atoms with E-state index in [1.807, 2.05) is 0 Å². The first-order valence-electron chi connectivity index (χ1n) is 11.8. The van der Waals surface area contributed by atoms with Crippen molar-refractivity contribution in [3.8, 4) is 0 Å². The van der Waals surface area contributed by atoms with Gasteiger partial charge in [0.1, 0.15) is 17.9 Å². The van der Waals surface area contributed by atoms with Crippen LogP contribution in [-0.2, 0) is 63.8 Å². The van der Waals surface area contributed by atoms with E-state index < -0.39 is 70.2 Å². The molecule has 252 valence electrons. The average Bonchev–Trinajstić information content (AvgIpc) is 3.02. The molecule has 6 atom stereocenters. The molecule has 0 N–H and O–H groups in total. The molecule has 6 unspecified atom stereocenters. The minimum absolute atomic E-state index is 0. The molecule has 0 aliphatic rings. The molecule has 0 rings (SSSR count). The number of carboxylic acids is 6. The molecule has 0 radical (unpaired) electrons. The minimum Gasteiger partial charge on any atom is 0 e. The summed E-state index contributed by atoms with van der Waals surface area (Å²) in [6.45, 7) is 41.2. The van der Waals surface area contributed by atoms with Gasteiger partial charge in [-0.2, -0.15) is 0 Å². The Morgan fingerprint density at radius 2 is 0.630 bits per heavy atom. The molecule has 0 aliphatic carbocycles. The Bertz CT molecular complexity index is 1060. The molecule has 0 spiro atoms. The summed E-state index contributed by atoms with van der Waals surface area (Å²) in [4.78, 5) is 71.6. The van der Waals surface area contributed by atoms with Gasteiger partial charge in [-0.25, -0.2) is 19.7 Å². The second-order valence-electron chi connectivity index (χ2n) is 8.15. The molecule has 19 heteroatoms. The first-order valence-corrected chi connectivity index (χ1v) is 11.8. The zero-order valence-electron chi connectivity index (χ0n) is 25.2. The molecular weight excluding hydrogens is 702 g/mol. The van der Waals surface area contributed by atoms with Crippen molar-refractivity contribution in [2.75, 3.05) is 0 Å². The van der Waals surface area contributed by atoms with E-state index in [2.05, 4.69) is 34.5 Å². The van der Waals surface area contributed by atoms with Gasteiger partial charge in [-0.15, -0.1) is 0 Å². The van der Waals surface area contributed by atoms with Gasteiger partial charge in [-0.05, 0) is 20.8 Å². The van der Waals surface area contributed by atoms with Gasteiger partial charge < -0.3 is 73.9 Å². The van der Waals surface area contributed by atoms with E-state index in [0.717, 1.165) is 20.8 Å². The number of carboxylic acid groups (broad SMARTS) is 6. The largest absolute Gasteiger partial charge is 0 e. The van der Waals surface area contributed by atoms with E-state index >= 15 is 0 Å². The predicted molar refractivity (Wildman–Crippen MR) is 128 cm³/mol. The topological polar surface area (TPSA) is 314 Å². The fourth-order valence-electron chi connectivity index (χ4n) is 3.13. The minimum atomic E-state index is -2.00. The molecule has 0 heterocycles. The monoisotopic (exact) mass is 731 g/mol. The van der Waals surface area contributed by atoms with Gasteiger partial charge in [0.2, 0.25) is 0 Å². The van der Waals surface area contributed by atoms with Crippen molar-refractivity contribution in [2.45, 2.75) is 77.4 Å². The van der Waals surface area contributed by atoms with Crippen LogP contribution in [0.25, 0.3) is 14.5 Å². The van der Waals surface area contributed by atoms with Crippen molar-refractivity contribution < 1.29 is 94.4 Å². The van der Waals surface area contributed by atoms with Gasteiger partial charge in [0, 0.05) is 40.3 Å². The van der Waals surface area contributed by atoms with E-state index in [1.165, 1.54) is 20.8 Å². The fourth-order valence-corrected chi connectivity index (χ4v) is 3.13. The first kappa shape index (κ1) is 56.9. The number of nitrogens with zero attached hydrogens (tertiary/aromatic N) is 3. The van der Waals surface area contributed by atoms with E-state index in [1.54, 1.807) is 0 Å². The molecule has 0 aromatic rings.